The number of aryl methyl sites for hydroxylation is 2. The number of nitrogens with one attached hydrogen (secondary N) is 2. The Labute approximate surface area is 164 Å². The number of benzene rings is 2. The number of pyridine rings is 1. The topological polar surface area (TPSA) is 71.1 Å². The second-order valence-corrected chi connectivity index (χ2v) is 7.30. The summed E-state index contributed by atoms with van der Waals surface area (Å²) in [5.74, 6) is -1.35. The first kappa shape index (κ1) is 18.2. The van der Waals surface area contributed by atoms with Crippen LogP contribution in [0.15, 0.2) is 54.7 Å². The Bertz CT molecular complexity index is 1040. The number of amides is 2. The van der Waals surface area contributed by atoms with Crippen LogP contribution >= 0.6 is 0 Å². The van der Waals surface area contributed by atoms with Gasteiger partial charge in [-0.15, -0.1) is 0 Å². The fourth-order valence-corrected chi connectivity index (χ4v) is 3.70. The van der Waals surface area contributed by atoms with Gasteiger partial charge in [0.2, 0.25) is 0 Å². The lowest BCUT2D eigenvalue weighted by atomic mass is 9.89. The van der Waals surface area contributed by atoms with E-state index in [1.807, 2.05) is 37.3 Å². The normalized spacial score (nSPS) is 14.2. The molecule has 3 aromatic rings. The lowest BCUT2D eigenvalue weighted by Crippen LogP contribution is -2.37. The molecule has 0 bridgehead atoms. The largest absolute Gasteiger partial charge is 0.341 e. The lowest BCUT2D eigenvalue weighted by Gasteiger charge is -2.20. The molecule has 0 fully saturated rings. The summed E-state index contributed by atoms with van der Waals surface area (Å²) >= 11 is 0. The number of rotatable bonds is 3. The summed E-state index contributed by atoms with van der Waals surface area (Å²) in [4.78, 5) is 28.9. The van der Waals surface area contributed by atoms with Crippen molar-refractivity contribution in [3.8, 4) is 0 Å². The molecule has 4 rings (SSSR count). The van der Waals surface area contributed by atoms with E-state index in [0.29, 0.717) is 5.69 Å². The number of anilines is 1. The third-order valence-corrected chi connectivity index (χ3v) is 5.27. The fraction of sp³-hybridized carbons (Fsp3) is 0.261. The van der Waals surface area contributed by atoms with E-state index < -0.39 is 11.8 Å². The fourth-order valence-electron chi connectivity index (χ4n) is 3.70. The third kappa shape index (κ3) is 3.88. The number of fused-ring (bicyclic) bond motifs is 2. The second kappa shape index (κ2) is 7.80. The molecular weight excluding hydrogens is 350 g/mol. The molecule has 1 atom stereocenters. The second-order valence-electron chi connectivity index (χ2n) is 7.30. The molecule has 2 aromatic carbocycles. The first-order valence-corrected chi connectivity index (χ1v) is 9.68. The first-order valence-electron chi connectivity index (χ1n) is 9.68. The molecule has 1 aliphatic rings. The van der Waals surface area contributed by atoms with Gasteiger partial charge in [0.1, 0.15) is 0 Å². The van der Waals surface area contributed by atoms with Crippen molar-refractivity contribution in [1.82, 2.24) is 10.3 Å². The molecule has 0 spiro atoms. The van der Waals surface area contributed by atoms with Gasteiger partial charge in [0.25, 0.3) is 0 Å². The van der Waals surface area contributed by atoms with E-state index in [1.54, 1.807) is 12.3 Å². The highest BCUT2D eigenvalue weighted by molar-refractivity contribution is 6.39. The number of para-hydroxylation sites is 1. The van der Waals surface area contributed by atoms with E-state index in [1.165, 1.54) is 24.0 Å². The number of aromatic nitrogens is 1. The van der Waals surface area contributed by atoms with Crippen molar-refractivity contribution in [2.45, 2.75) is 38.6 Å². The zero-order valence-electron chi connectivity index (χ0n) is 15.9. The molecule has 5 heteroatoms. The molecule has 1 unspecified atom stereocenters. The summed E-state index contributed by atoms with van der Waals surface area (Å²) in [7, 11) is 0. The van der Waals surface area contributed by atoms with Gasteiger partial charge in [-0.25, -0.2) is 0 Å². The Morgan fingerprint density at radius 3 is 2.61 bits per heavy atom. The third-order valence-electron chi connectivity index (χ3n) is 5.27. The average molecular weight is 373 g/mol. The van der Waals surface area contributed by atoms with E-state index in [-0.39, 0.29) is 6.04 Å². The molecule has 0 saturated heterocycles. The standard InChI is InChI=1S/C23H23N3O2/c1-15(17-11-10-16-6-2-3-7-18(16)12-17)25-22(27)23(28)26-20-13-19-8-4-5-9-21(19)24-14-20/h4-5,8-15H,2-3,6-7H2,1H3,(H,25,27)(H,26,28). The molecule has 2 amide bonds. The smallest absolute Gasteiger partial charge is 0.313 e. The lowest BCUT2D eigenvalue weighted by molar-refractivity contribution is -0.136. The molecule has 0 saturated carbocycles. The minimum absolute atomic E-state index is 0.236. The molecule has 142 valence electrons. The van der Waals surface area contributed by atoms with E-state index in [9.17, 15) is 9.59 Å². The van der Waals surface area contributed by atoms with Gasteiger partial charge in [-0.2, -0.15) is 0 Å². The van der Waals surface area contributed by atoms with E-state index in [2.05, 4.69) is 27.8 Å². The van der Waals surface area contributed by atoms with Crippen LogP contribution in [0.25, 0.3) is 10.9 Å². The van der Waals surface area contributed by atoms with E-state index in [4.69, 9.17) is 0 Å². The summed E-state index contributed by atoms with van der Waals surface area (Å²) < 4.78 is 0. The monoisotopic (exact) mass is 373 g/mol. The van der Waals surface area contributed by atoms with Crippen LogP contribution in [0, 0.1) is 0 Å². The molecule has 0 aliphatic heterocycles. The summed E-state index contributed by atoms with van der Waals surface area (Å²) in [6.45, 7) is 1.90. The van der Waals surface area contributed by atoms with Gasteiger partial charge >= 0.3 is 11.8 Å². The Kier molecular flexibility index (Phi) is 5.06. The molecular formula is C23H23N3O2. The van der Waals surface area contributed by atoms with Crippen molar-refractivity contribution in [1.29, 1.82) is 0 Å². The Morgan fingerprint density at radius 1 is 0.964 bits per heavy atom. The van der Waals surface area contributed by atoms with Crippen LogP contribution in [-0.2, 0) is 22.4 Å². The van der Waals surface area contributed by atoms with Crippen molar-refractivity contribution in [3.05, 3.63) is 71.4 Å². The number of nitrogens with zero attached hydrogens (tertiary/aromatic N) is 1. The molecule has 1 heterocycles. The highest BCUT2D eigenvalue weighted by atomic mass is 16.2. The van der Waals surface area contributed by atoms with Crippen LogP contribution in [0.2, 0.25) is 0 Å². The van der Waals surface area contributed by atoms with Gasteiger partial charge in [0.15, 0.2) is 0 Å². The van der Waals surface area contributed by atoms with Crippen molar-refractivity contribution in [2.75, 3.05) is 5.32 Å². The van der Waals surface area contributed by atoms with Crippen molar-refractivity contribution in [2.24, 2.45) is 0 Å². The maximum absolute atomic E-state index is 12.3. The van der Waals surface area contributed by atoms with Gasteiger partial charge in [-0.1, -0.05) is 36.4 Å². The molecule has 1 aromatic heterocycles. The van der Waals surface area contributed by atoms with Gasteiger partial charge in [0.05, 0.1) is 23.4 Å². The first-order chi connectivity index (χ1) is 13.6. The zero-order chi connectivity index (χ0) is 19.5. The summed E-state index contributed by atoms with van der Waals surface area (Å²) in [6.07, 6.45) is 6.21. The highest BCUT2D eigenvalue weighted by Gasteiger charge is 2.19. The highest BCUT2D eigenvalue weighted by Crippen LogP contribution is 2.24. The Hall–Kier alpha value is -3.21. The summed E-state index contributed by atoms with van der Waals surface area (Å²) in [5, 5.41) is 6.32. The van der Waals surface area contributed by atoms with Gasteiger partial charge in [-0.3, -0.25) is 14.6 Å². The minimum Gasteiger partial charge on any atom is -0.341 e. The number of hydrogen-bond acceptors (Lipinski definition) is 3. The minimum atomic E-state index is -0.693. The Balaban J connectivity index is 1.41. The molecule has 5 nitrogen and oxygen atoms in total. The Morgan fingerprint density at radius 2 is 1.75 bits per heavy atom. The predicted molar refractivity (Wildman–Crippen MR) is 110 cm³/mol. The van der Waals surface area contributed by atoms with E-state index >= 15 is 0 Å². The van der Waals surface area contributed by atoms with Gasteiger partial charge < -0.3 is 10.6 Å². The predicted octanol–water partition coefficient (Wildman–Crippen LogP) is 3.93. The average Bonchev–Trinajstić information content (AvgIpc) is 2.73. The van der Waals surface area contributed by atoms with Crippen molar-refractivity contribution < 1.29 is 9.59 Å². The molecule has 1 aliphatic carbocycles. The van der Waals surface area contributed by atoms with Crippen LogP contribution in [0.3, 0.4) is 0 Å². The van der Waals surface area contributed by atoms with Crippen LogP contribution in [-0.4, -0.2) is 16.8 Å². The number of carbonyl (C=O) groups excluding carboxylic acids is 2. The van der Waals surface area contributed by atoms with Crippen LogP contribution < -0.4 is 10.6 Å². The summed E-state index contributed by atoms with van der Waals surface area (Å²) in [5.41, 5.74) is 5.12. The van der Waals surface area contributed by atoms with Crippen LogP contribution in [0.1, 0.15) is 42.5 Å². The van der Waals surface area contributed by atoms with Gasteiger partial charge in [0, 0.05) is 5.39 Å². The quantitative estimate of drug-likeness (QED) is 0.684. The molecule has 0 radical (unpaired) electrons. The van der Waals surface area contributed by atoms with Gasteiger partial charge in [-0.05, 0) is 61.4 Å². The molecule has 2 N–H and O–H groups in total. The molecule has 28 heavy (non-hydrogen) atoms. The maximum atomic E-state index is 12.3. The van der Waals surface area contributed by atoms with Crippen LogP contribution in [0.5, 0.6) is 0 Å². The van der Waals surface area contributed by atoms with E-state index in [0.717, 1.165) is 29.3 Å². The summed E-state index contributed by atoms with van der Waals surface area (Å²) in [6, 6.07) is 15.5. The SMILES string of the molecule is CC(NC(=O)C(=O)Nc1cnc2ccccc2c1)c1ccc2c(c1)CCCC2. The van der Waals surface area contributed by atoms with Crippen molar-refractivity contribution >= 4 is 28.4 Å². The number of hydrogen-bond donors (Lipinski definition) is 2. The maximum Gasteiger partial charge on any atom is 0.313 e. The van der Waals surface area contributed by atoms with Crippen LogP contribution in [0.4, 0.5) is 5.69 Å². The van der Waals surface area contributed by atoms with Crippen molar-refractivity contribution in [3.63, 3.8) is 0 Å². The number of carbonyl (C=O) groups is 2. The zero-order valence-corrected chi connectivity index (χ0v) is 15.9.